The van der Waals surface area contributed by atoms with E-state index in [0.717, 1.165) is 5.57 Å². The summed E-state index contributed by atoms with van der Waals surface area (Å²) in [6.45, 7) is 18.2. The van der Waals surface area contributed by atoms with Gasteiger partial charge >= 0.3 is 17.9 Å². The molecule has 9 rings (SSSR count). The number of fused-ring (bicyclic) bond motifs is 7. The first-order valence-corrected chi connectivity index (χ1v) is 30.9. The summed E-state index contributed by atoms with van der Waals surface area (Å²) in [5.74, 6) is -3.65. The van der Waals surface area contributed by atoms with Crippen LogP contribution in [0.1, 0.15) is 121 Å². The molecule has 4 aliphatic heterocycles. The average molecular weight is 1260 g/mol. The Morgan fingerprint density at radius 1 is 0.614 bits per heavy atom. The minimum Gasteiger partial charge on any atom is -0.479 e. The first-order chi connectivity index (χ1) is 41.1. The Morgan fingerprint density at radius 3 is 1.76 bits per heavy atom. The standard InChI is InChI=1S/C61H96O27/c1-12-24(2)51(78)88-48-49(80-26(4)65)61(23-64)28(19-56(48,5)6)27-13-14-32-58(9)17-16-34(57(7,8)31(58)15-18-59(32,10)60(27,11)20-33(61)66)83-55-46(43(75)44(47(87-55)50(76)77)84-53-42(74)39(71)36(68)29(21-62)81-53)86-54-45(40(72)37(69)30(22-63)82-54)85-52-41(73)38(70)35(67)25(3)79-52/h12-13,25,28-49,52-55,62-64,66-75H,14-23H2,1-11H3,(H,76,77)/b24-12+/t25-,28?,29+,30+,31?,32?,33+,34-,35-,36+,37-,38+,39-,40-,41+,42+,43-,44-,45+,46+,47-,48-,49-,52-,53-,54-,55+,58-,59+,60+,61-/m0/s1. The minimum atomic E-state index is -2.23. The number of rotatable bonds is 15. The van der Waals surface area contributed by atoms with E-state index in [4.69, 9.17) is 47.4 Å². The number of carbonyl (C=O) groups excluding carboxylic acids is 2. The van der Waals surface area contributed by atoms with E-state index in [1.54, 1.807) is 19.9 Å². The van der Waals surface area contributed by atoms with Gasteiger partial charge in [-0.05, 0) is 105 Å². The van der Waals surface area contributed by atoms with E-state index in [-0.39, 0.29) is 18.3 Å². The highest BCUT2D eigenvalue weighted by Gasteiger charge is 2.74. The van der Waals surface area contributed by atoms with E-state index in [1.807, 2.05) is 27.7 Å². The van der Waals surface area contributed by atoms with E-state index >= 15 is 0 Å². The molecular formula is C61H96O27. The van der Waals surface area contributed by atoms with Crippen LogP contribution in [0.2, 0.25) is 0 Å². The molecule has 31 atom stereocenters. The molecule has 8 fully saturated rings. The van der Waals surface area contributed by atoms with Crippen LogP contribution in [-0.2, 0) is 61.8 Å². The lowest BCUT2D eigenvalue weighted by Gasteiger charge is -2.72. The number of hydrogen-bond donors (Lipinski definition) is 14. The lowest BCUT2D eigenvalue weighted by Crippen LogP contribution is -2.72. The van der Waals surface area contributed by atoms with Crippen molar-refractivity contribution in [3.63, 3.8) is 0 Å². The first-order valence-electron chi connectivity index (χ1n) is 30.9. The van der Waals surface area contributed by atoms with Crippen molar-refractivity contribution in [1.82, 2.24) is 0 Å². The fraction of sp³-hybridized carbons (Fsp3) is 0.885. The summed E-state index contributed by atoms with van der Waals surface area (Å²) in [5.41, 5.74) is -3.29. The van der Waals surface area contributed by atoms with E-state index in [2.05, 4.69) is 26.8 Å². The van der Waals surface area contributed by atoms with Crippen LogP contribution < -0.4 is 0 Å². The van der Waals surface area contributed by atoms with Crippen LogP contribution in [-0.4, -0.2) is 256 Å². The highest BCUT2D eigenvalue weighted by Crippen LogP contribution is 2.76. The van der Waals surface area contributed by atoms with Gasteiger partial charge in [-0.25, -0.2) is 9.59 Å². The third-order valence-electron chi connectivity index (χ3n) is 23.0. The molecule has 0 bridgehead atoms. The fourth-order valence-corrected chi connectivity index (χ4v) is 17.6. The Kier molecular flexibility index (Phi) is 20.0. The molecule has 4 saturated carbocycles. The van der Waals surface area contributed by atoms with Gasteiger partial charge in [0, 0.05) is 17.9 Å². The zero-order valence-electron chi connectivity index (χ0n) is 51.9. The van der Waals surface area contributed by atoms with Crippen molar-refractivity contribution in [2.45, 2.75) is 268 Å². The zero-order valence-corrected chi connectivity index (χ0v) is 51.9. The molecular weight excluding hydrogens is 1160 g/mol. The molecule has 4 saturated heterocycles. The van der Waals surface area contributed by atoms with Gasteiger partial charge in [-0.2, -0.15) is 0 Å². The van der Waals surface area contributed by atoms with E-state index in [9.17, 15) is 85.9 Å². The maximum Gasteiger partial charge on any atom is 0.335 e. The van der Waals surface area contributed by atoms with Crippen molar-refractivity contribution >= 4 is 17.9 Å². The minimum absolute atomic E-state index is 0.0267. The average Bonchev–Trinajstić information content (AvgIpc) is 0.681. The Bertz CT molecular complexity index is 2580. The van der Waals surface area contributed by atoms with E-state index in [0.29, 0.717) is 44.1 Å². The lowest BCUT2D eigenvalue weighted by atomic mass is 9.33. The molecule has 27 heteroatoms. The molecule has 0 spiro atoms. The maximum absolute atomic E-state index is 13.5. The van der Waals surface area contributed by atoms with Crippen LogP contribution in [0.25, 0.3) is 0 Å². The number of carboxylic acids is 1. The summed E-state index contributed by atoms with van der Waals surface area (Å²) in [5, 5.41) is 156. The van der Waals surface area contributed by atoms with Gasteiger partial charge in [-0.15, -0.1) is 0 Å². The highest BCUT2D eigenvalue weighted by atomic mass is 16.8. The predicted octanol–water partition coefficient (Wildman–Crippen LogP) is -1.44. The van der Waals surface area contributed by atoms with Gasteiger partial charge in [0.1, 0.15) is 97.7 Å². The highest BCUT2D eigenvalue weighted by molar-refractivity contribution is 5.87. The van der Waals surface area contributed by atoms with E-state index < -0.39 is 223 Å². The molecule has 502 valence electrons. The molecule has 9 aliphatic rings. The zero-order chi connectivity index (χ0) is 65.0. The number of ether oxygens (including phenoxy) is 10. The molecule has 5 aliphatic carbocycles. The van der Waals surface area contributed by atoms with Crippen LogP contribution in [0.3, 0.4) is 0 Å². The molecule has 88 heavy (non-hydrogen) atoms. The van der Waals surface area contributed by atoms with Gasteiger partial charge in [-0.1, -0.05) is 66.2 Å². The second kappa shape index (κ2) is 25.4. The smallest absolute Gasteiger partial charge is 0.335 e. The molecule has 0 aromatic rings. The van der Waals surface area contributed by atoms with Gasteiger partial charge in [0.05, 0.1) is 43.5 Å². The van der Waals surface area contributed by atoms with Crippen LogP contribution in [0, 0.1) is 50.2 Å². The summed E-state index contributed by atoms with van der Waals surface area (Å²) in [4.78, 5) is 39.9. The van der Waals surface area contributed by atoms with Crippen molar-refractivity contribution in [2.75, 3.05) is 19.8 Å². The molecule has 0 aromatic heterocycles. The fourth-order valence-electron chi connectivity index (χ4n) is 17.6. The molecule has 0 radical (unpaired) electrons. The number of aliphatic hydroxyl groups is 13. The third-order valence-corrected chi connectivity index (χ3v) is 23.0. The van der Waals surface area contributed by atoms with Crippen LogP contribution in [0.4, 0.5) is 0 Å². The van der Waals surface area contributed by atoms with Gasteiger partial charge in [0.15, 0.2) is 31.3 Å². The molecule has 14 N–H and O–H groups in total. The number of carbonyl (C=O) groups is 3. The number of hydrogen-bond acceptors (Lipinski definition) is 26. The maximum atomic E-state index is 13.5. The number of aliphatic hydroxyl groups excluding tert-OH is 13. The van der Waals surface area contributed by atoms with Gasteiger partial charge in [0.2, 0.25) is 0 Å². The van der Waals surface area contributed by atoms with Gasteiger partial charge in [0.25, 0.3) is 0 Å². The predicted molar refractivity (Wildman–Crippen MR) is 299 cm³/mol. The SMILES string of the molecule is C/C=C(\C)C(=O)O[C@H]1[C@H](OC(C)=O)[C@@]2(CO)C(CC1(C)C)C1=CCC3[C@@]4(C)CC[C@H](O[C@@H]5O[C@H](C(=O)O)[C@@H](O[C@@H]6O[C@H](CO)[C@@H](O)[C@H](O)[C@H]6O)[C@H](O)[C@H]5O[C@@H]5O[C@H](CO)[C@H](O)[C@H](O)[C@H]5O[C@@H]5O[C@@H](C)[C@H](O)[C@@H](O)[C@H]5O)C(C)(C)C4CC[C@@]3(C)[C@]1(C)C[C@H]2O. The van der Waals surface area contributed by atoms with Crippen LogP contribution in [0.15, 0.2) is 23.3 Å². The molecule has 3 unspecified atom stereocenters. The second-order valence-electron chi connectivity index (χ2n) is 28.5. The first kappa shape index (κ1) is 69.4. The van der Waals surface area contributed by atoms with Crippen molar-refractivity contribution < 1.29 is 133 Å². The number of carboxylic acid groups (broad SMARTS) is 1. The third kappa shape index (κ3) is 11.3. The summed E-state index contributed by atoms with van der Waals surface area (Å²) in [6, 6.07) is 0. The lowest BCUT2D eigenvalue weighted by molar-refractivity contribution is -0.404. The summed E-state index contributed by atoms with van der Waals surface area (Å²) >= 11 is 0. The van der Waals surface area contributed by atoms with Crippen LogP contribution >= 0.6 is 0 Å². The Morgan fingerprint density at radius 2 is 1.17 bits per heavy atom. The quantitative estimate of drug-likeness (QED) is 0.0386. The van der Waals surface area contributed by atoms with Crippen molar-refractivity contribution in [1.29, 1.82) is 0 Å². The second-order valence-corrected chi connectivity index (χ2v) is 28.5. The molecule has 0 aromatic carbocycles. The summed E-state index contributed by atoms with van der Waals surface area (Å²) in [7, 11) is 0. The van der Waals surface area contributed by atoms with Crippen molar-refractivity contribution in [2.24, 2.45) is 50.2 Å². The molecule has 4 heterocycles. The number of esters is 2. The van der Waals surface area contributed by atoms with E-state index in [1.165, 1.54) is 13.8 Å². The van der Waals surface area contributed by atoms with Gasteiger partial charge in [-0.3, -0.25) is 4.79 Å². The number of allylic oxidation sites excluding steroid dienone is 3. The van der Waals surface area contributed by atoms with Gasteiger partial charge < -0.3 is 119 Å². The summed E-state index contributed by atoms with van der Waals surface area (Å²) in [6.07, 6.45) is -34.9. The van der Waals surface area contributed by atoms with Crippen molar-refractivity contribution in [3.05, 3.63) is 23.3 Å². The van der Waals surface area contributed by atoms with Crippen molar-refractivity contribution in [3.8, 4) is 0 Å². The number of aliphatic carboxylic acids is 1. The Balaban J connectivity index is 1.04. The van der Waals surface area contributed by atoms with Crippen LogP contribution in [0.5, 0.6) is 0 Å². The monoisotopic (exact) mass is 1260 g/mol. The Labute approximate surface area is 511 Å². The topological polar surface area (TPSA) is 427 Å². The normalized spacial score (nSPS) is 50.9. The molecule has 0 amide bonds. The largest absolute Gasteiger partial charge is 0.479 e. The summed E-state index contributed by atoms with van der Waals surface area (Å²) < 4.78 is 61.1. The molecule has 27 nitrogen and oxygen atoms in total. The Hall–Kier alpha value is -2.95.